The number of hydrogen-bond acceptors (Lipinski definition) is 4. The second kappa shape index (κ2) is 9.02. The van der Waals surface area contributed by atoms with Crippen molar-refractivity contribution in [3.63, 3.8) is 0 Å². The fourth-order valence-corrected chi connectivity index (χ4v) is 4.34. The summed E-state index contributed by atoms with van der Waals surface area (Å²) in [5.74, 6) is 1.25. The van der Waals surface area contributed by atoms with Gasteiger partial charge in [0.1, 0.15) is 11.3 Å². The van der Waals surface area contributed by atoms with Gasteiger partial charge < -0.3 is 14.7 Å². The Morgan fingerprint density at radius 3 is 2.78 bits per heavy atom. The van der Waals surface area contributed by atoms with Gasteiger partial charge in [0.05, 0.1) is 12.6 Å². The molecule has 0 saturated heterocycles. The monoisotopic (exact) mass is 434 g/mol. The maximum absolute atomic E-state index is 13.0. The van der Waals surface area contributed by atoms with Gasteiger partial charge in [-0.25, -0.2) is 4.79 Å². The topological polar surface area (TPSA) is 92.2 Å². The van der Waals surface area contributed by atoms with Crippen molar-refractivity contribution in [3.05, 3.63) is 62.3 Å². The zero-order valence-electron chi connectivity index (χ0n) is 19.1. The molecule has 0 amide bonds. The van der Waals surface area contributed by atoms with Gasteiger partial charge in [-0.05, 0) is 63.6 Å². The number of ether oxygens (including phenoxy) is 1. The third kappa shape index (κ3) is 4.33. The zero-order valence-corrected chi connectivity index (χ0v) is 19.1. The molecule has 0 fully saturated rings. The van der Waals surface area contributed by atoms with Crippen molar-refractivity contribution < 1.29 is 4.74 Å². The molecule has 2 unspecified atom stereocenters. The molecule has 1 aliphatic carbocycles. The van der Waals surface area contributed by atoms with Crippen LogP contribution in [-0.4, -0.2) is 28.0 Å². The van der Waals surface area contributed by atoms with E-state index < -0.39 is 11.2 Å². The minimum Gasteiger partial charge on any atom is -0.497 e. The lowest BCUT2D eigenvalue weighted by atomic mass is 9.80. The lowest BCUT2D eigenvalue weighted by Gasteiger charge is -2.25. The Balaban J connectivity index is 1.60. The second-order valence-corrected chi connectivity index (χ2v) is 8.86. The first kappa shape index (κ1) is 21.9. The molecule has 32 heavy (non-hydrogen) atoms. The average Bonchev–Trinajstić information content (AvgIpc) is 3.12. The summed E-state index contributed by atoms with van der Waals surface area (Å²) in [4.78, 5) is 31.6. The van der Waals surface area contributed by atoms with E-state index in [0.29, 0.717) is 22.7 Å². The Morgan fingerprint density at radius 2 is 2.06 bits per heavy atom. The highest BCUT2D eigenvalue weighted by molar-refractivity contribution is 6.04. The van der Waals surface area contributed by atoms with E-state index in [4.69, 9.17) is 4.74 Å². The predicted octanol–water partition coefficient (Wildman–Crippen LogP) is 4.73. The molecule has 0 saturated carbocycles. The highest BCUT2D eigenvalue weighted by Crippen LogP contribution is 2.31. The van der Waals surface area contributed by atoms with Gasteiger partial charge in [0.2, 0.25) is 0 Å². The van der Waals surface area contributed by atoms with Gasteiger partial charge in [0.25, 0.3) is 0 Å². The van der Waals surface area contributed by atoms with E-state index in [-0.39, 0.29) is 5.92 Å². The second-order valence-electron chi connectivity index (χ2n) is 8.86. The summed E-state index contributed by atoms with van der Waals surface area (Å²) in [6.07, 6.45) is 10.4. The number of rotatable bonds is 6. The molecule has 7 nitrogen and oxygen atoms in total. The number of fused-ring (bicyclic) bond motifs is 3. The number of nitrogens with one attached hydrogen (secondary N) is 2. The molecule has 7 heteroatoms. The highest BCUT2D eigenvalue weighted by atomic mass is 16.5. The summed E-state index contributed by atoms with van der Waals surface area (Å²) in [5, 5.41) is 5.03. The molecule has 0 aliphatic heterocycles. The minimum atomic E-state index is -0.552. The fraction of sp³-hybridized carbons (Fsp3) is 0.400. The summed E-state index contributed by atoms with van der Waals surface area (Å²) in [6, 6.07) is 5.42. The average molecular weight is 435 g/mol. The van der Waals surface area contributed by atoms with Crippen LogP contribution in [0.4, 0.5) is 0 Å². The maximum Gasteiger partial charge on any atom is 0.350 e. The Morgan fingerprint density at radius 1 is 1.25 bits per heavy atom. The number of H-pyrrole nitrogens is 2. The van der Waals surface area contributed by atoms with Crippen molar-refractivity contribution in [1.29, 1.82) is 0 Å². The van der Waals surface area contributed by atoms with Gasteiger partial charge >= 0.3 is 11.2 Å². The number of benzene rings is 1. The van der Waals surface area contributed by atoms with Crippen molar-refractivity contribution in [2.45, 2.75) is 46.5 Å². The molecule has 1 aromatic carbocycles. The van der Waals surface area contributed by atoms with Crippen molar-refractivity contribution in [2.75, 3.05) is 7.11 Å². The predicted molar refractivity (Wildman–Crippen MR) is 130 cm³/mol. The lowest BCUT2D eigenvalue weighted by Crippen LogP contribution is -2.32. The molecule has 2 heterocycles. The smallest absolute Gasteiger partial charge is 0.350 e. The van der Waals surface area contributed by atoms with Crippen molar-refractivity contribution in [2.24, 2.45) is 16.9 Å². The normalized spacial score (nSPS) is 18.9. The van der Waals surface area contributed by atoms with Crippen LogP contribution in [0, 0.1) is 11.8 Å². The Kier molecular flexibility index (Phi) is 6.17. The molecular formula is C25H30N4O3. The van der Waals surface area contributed by atoms with E-state index in [0.717, 1.165) is 41.3 Å². The molecule has 4 rings (SSSR count). The molecule has 168 valence electrons. The molecule has 0 bridgehead atoms. The largest absolute Gasteiger partial charge is 0.497 e. The lowest BCUT2D eigenvalue weighted by molar-refractivity contribution is 0.415. The van der Waals surface area contributed by atoms with Crippen molar-refractivity contribution in [1.82, 2.24) is 14.6 Å². The van der Waals surface area contributed by atoms with Crippen LogP contribution in [0.25, 0.3) is 21.9 Å². The Hall–Kier alpha value is -3.35. The van der Waals surface area contributed by atoms with Gasteiger partial charge in [0.15, 0.2) is 0 Å². The van der Waals surface area contributed by atoms with Gasteiger partial charge in [-0.1, -0.05) is 30.2 Å². The third-order valence-corrected chi connectivity index (χ3v) is 6.22. The molecular weight excluding hydrogens is 404 g/mol. The van der Waals surface area contributed by atoms with E-state index in [1.54, 1.807) is 25.5 Å². The third-order valence-electron chi connectivity index (χ3n) is 6.22. The van der Waals surface area contributed by atoms with Crippen molar-refractivity contribution in [3.8, 4) is 5.75 Å². The highest BCUT2D eigenvalue weighted by Gasteiger charge is 2.21. The fourth-order valence-electron chi connectivity index (χ4n) is 4.34. The van der Waals surface area contributed by atoms with E-state index in [1.165, 1.54) is 11.1 Å². The summed E-state index contributed by atoms with van der Waals surface area (Å²) in [7, 11) is 1.58. The maximum atomic E-state index is 13.0. The van der Waals surface area contributed by atoms with Crippen LogP contribution in [0.15, 0.2) is 56.2 Å². The summed E-state index contributed by atoms with van der Waals surface area (Å²) in [5.41, 5.74) is 3.35. The standard InChI is InChI=1S/C25H30N4O3/c1-15(2)6-5-7-17-8-9-18(16(3)12-17)14-26-29-24(30)23-22(28-25(29)31)20-13-19(32-4)10-11-21(20)27-23/h6,8,10-11,13-14,16,18,27H,5,7,9,12H2,1-4H3,(H,28,31)/b26-14+. The number of aromatic nitrogens is 3. The first-order chi connectivity index (χ1) is 15.4. The quantitative estimate of drug-likeness (QED) is 0.434. The van der Waals surface area contributed by atoms with Crippen LogP contribution in [0.1, 0.15) is 46.5 Å². The summed E-state index contributed by atoms with van der Waals surface area (Å²) in [6.45, 7) is 6.45. The van der Waals surface area contributed by atoms with Crippen LogP contribution in [0.2, 0.25) is 0 Å². The Labute approximate surface area is 186 Å². The van der Waals surface area contributed by atoms with Crippen LogP contribution in [0.3, 0.4) is 0 Å². The molecule has 2 atom stereocenters. The van der Waals surface area contributed by atoms with E-state index in [9.17, 15) is 9.59 Å². The summed E-state index contributed by atoms with van der Waals surface area (Å²) >= 11 is 0. The SMILES string of the molecule is COc1ccc2[nH]c3c(=O)n(/N=C/C4CC=C(CCC=C(C)C)CC4C)c(=O)[nH]c3c2c1. The van der Waals surface area contributed by atoms with Gasteiger partial charge in [-0.2, -0.15) is 5.10 Å². The van der Waals surface area contributed by atoms with E-state index in [1.807, 2.05) is 6.07 Å². The van der Waals surface area contributed by atoms with E-state index >= 15 is 0 Å². The number of allylic oxidation sites excluding steroid dienone is 4. The number of aromatic amines is 2. The molecule has 0 radical (unpaired) electrons. The Bertz CT molecular complexity index is 1350. The molecule has 2 aromatic heterocycles. The van der Waals surface area contributed by atoms with Crippen LogP contribution < -0.4 is 16.0 Å². The first-order valence-corrected chi connectivity index (χ1v) is 11.1. The molecule has 1 aliphatic rings. The van der Waals surface area contributed by atoms with Gasteiger partial charge in [-0.3, -0.25) is 4.79 Å². The number of methoxy groups -OCH3 is 1. The number of hydrogen-bond donors (Lipinski definition) is 2. The first-order valence-electron chi connectivity index (χ1n) is 11.1. The molecule has 3 aromatic rings. The van der Waals surface area contributed by atoms with E-state index in [2.05, 4.69) is 48.0 Å². The van der Waals surface area contributed by atoms with Crippen LogP contribution in [-0.2, 0) is 0 Å². The van der Waals surface area contributed by atoms with Crippen molar-refractivity contribution >= 4 is 28.2 Å². The summed E-state index contributed by atoms with van der Waals surface area (Å²) < 4.78 is 6.17. The van der Waals surface area contributed by atoms with Crippen LogP contribution in [0.5, 0.6) is 5.75 Å². The van der Waals surface area contributed by atoms with Gasteiger partial charge in [0, 0.05) is 23.0 Å². The van der Waals surface area contributed by atoms with Gasteiger partial charge in [-0.15, -0.1) is 4.68 Å². The number of nitrogens with zero attached hydrogens (tertiary/aromatic N) is 2. The minimum absolute atomic E-state index is 0.191. The molecule has 0 spiro atoms. The molecule has 2 N–H and O–H groups in total. The van der Waals surface area contributed by atoms with Crippen LogP contribution >= 0.6 is 0 Å². The zero-order chi connectivity index (χ0) is 22.8.